The fraction of sp³-hybridized carbons (Fsp3) is 0.682. The van der Waals surface area contributed by atoms with Crippen molar-refractivity contribution in [1.82, 2.24) is 25.1 Å². The highest BCUT2D eigenvalue weighted by Gasteiger charge is 2.30. The predicted octanol–water partition coefficient (Wildman–Crippen LogP) is 3.13. The molecule has 2 fully saturated rings. The number of tetrazole rings is 1. The quantitative estimate of drug-likeness (QED) is 0.714. The first-order valence-corrected chi connectivity index (χ1v) is 11.1. The van der Waals surface area contributed by atoms with Crippen LogP contribution in [-0.2, 0) is 11.3 Å². The number of nitrogens with zero attached hydrogens (tertiary/aromatic N) is 6. The summed E-state index contributed by atoms with van der Waals surface area (Å²) in [6.07, 6.45) is 4.69. The van der Waals surface area contributed by atoms with E-state index in [1.165, 1.54) is 16.8 Å². The third kappa shape index (κ3) is 4.46. The summed E-state index contributed by atoms with van der Waals surface area (Å²) in [6, 6.07) is 6.89. The Hall–Kier alpha value is -1.99. The smallest absolute Gasteiger partial charge is 0.168 e. The molecular weight excluding hydrogens is 364 g/mol. The number of aromatic nitrogens is 4. The first-order valence-electron chi connectivity index (χ1n) is 11.1. The number of aryl methyl sites for hydroxylation is 1. The minimum atomic E-state index is 0.251. The largest absolute Gasteiger partial charge is 0.376 e. The van der Waals surface area contributed by atoms with Gasteiger partial charge in [-0.15, -0.1) is 5.10 Å². The maximum absolute atomic E-state index is 5.81. The summed E-state index contributed by atoms with van der Waals surface area (Å²) in [4.78, 5) is 5.10. The van der Waals surface area contributed by atoms with Gasteiger partial charge in [-0.1, -0.05) is 25.5 Å². The van der Waals surface area contributed by atoms with E-state index in [0.29, 0.717) is 0 Å². The lowest BCUT2D eigenvalue weighted by Crippen LogP contribution is -2.48. The van der Waals surface area contributed by atoms with Gasteiger partial charge in [-0.05, 0) is 60.7 Å². The van der Waals surface area contributed by atoms with Gasteiger partial charge in [0.2, 0.25) is 0 Å². The molecule has 0 amide bonds. The number of rotatable bonds is 7. The van der Waals surface area contributed by atoms with E-state index in [1.54, 1.807) is 0 Å². The van der Waals surface area contributed by atoms with Crippen LogP contribution >= 0.6 is 0 Å². The molecule has 0 N–H and O–H groups in total. The molecule has 158 valence electrons. The molecule has 1 aromatic heterocycles. The second-order valence-corrected chi connectivity index (χ2v) is 8.40. The van der Waals surface area contributed by atoms with Crippen LogP contribution in [0, 0.1) is 13.8 Å². The Morgan fingerprint density at radius 2 is 2.00 bits per heavy atom. The number of benzene rings is 1. The zero-order chi connectivity index (χ0) is 20.2. The van der Waals surface area contributed by atoms with Crippen LogP contribution in [0.15, 0.2) is 18.2 Å². The molecule has 2 aromatic rings. The molecule has 3 heterocycles. The molecule has 4 rings (SSSR count). The monoisotopic (exact) mass is 398 g/mol. The SMILES string of the molecule is CCC[C@@H](c1nnnn1C[C@@H]1CCCO1)N1CCN(c2cccc(C)c2C)CC1. The molecule has 2 aliphatic rings. The van der Waals surface area contributed by atoms with Gasteiger partial charge in [-0.2, -0.15) is 0 Å². The van der Waals surface area contributed by atoms with Gasteiger partial charge in [0.25, 0.3) is 0 Å². The maximum Gasteiger partial charge on any atom is 0.168 e. The third-order valence-corrected chi connectivity index (χ3v) is 6.49. The van der Waals surface area contributed by atoms with Crippen LogP contribution in [0.1, 0.15) is 55.6 Å². The predicted molar refractivity (Wildman–Crippen MR) is 114 cm³/mol. The van der Waals surface area contributed by atoms with E-state index in [1.807, 2.05) is 4.68 Å². The van der Waals surface area contributed by atoms with Crippen LogP contribution in [0.5, 0.6) is 0 Å². The minimum absolute atomic E-state index is 0.251. The van der Waals surface area contributed by atoms with E-state index < -0.39 is 0 Å². The maximum atomic E-state index is 5.81. The molecule has 0 spiro atoms. The van der Waals surface area contributed by atoms with Crippen molar-refractivity contribution in [1.29, 1.82) is 0 Å². The molecule has 1 aromatic carbocycles. The third-order valence-electron chi connectivity index (χ3n) is 6.49. The zero-order valence-electron chi connectivity index (χ0n) is 18.0. The van der Waals surface area contributed by atoms with Crippen molar-refractivity contribution < 1.29 is 4.74 Å². The van der Waals surface area contributed by atoms with Crippen molar-refractivity contribution in [3.05, 3.63) is 35.2 Å². The topological polar surface area (TPSA) is 59.3 Å². The number of hydrogen-bond acceptors (Lipinski definition) is 6. The van der Waals surface area contributed by atoms with E-state index in [-0.39, 0.29) is 12.1 Å². The molecule has 7 heteroatoms. The standard InChI is InChI=1S/C22H34N6O/c1-4-7-21(22-23-24-25-28(22)16-19-9-6-15-29-19)27-13-11-26(12-14-27)20-10-5-8-17(2)18(20)3/h5,8,10,19,21H,4,6-7,9,11-16H2,1-3H3/t19-,21-/m0/s1. The molecule has 0 radical (unpaired) electrons. The Morgan fingerprint density at radius 1 is 1.17 bits per heavy atom. The van der Waals surface area contributed by atoms with Crippen molar-refractivity contribution in [2.75, 3.05) is 37.7 Å². The van der Waals surface area contributed by atoms with Crippen molar-refractivity contribution >= 4 is 5.69 Å². The fourth-order valence-electron chi connectivity index (χ4n) is 4.66. The summed E-state index contributed by atoms with van der Waals surface area (Å²) in [6.45, 7) is 12.4. The summed E-state index contributed by atoms with van der Waals surface area (Å²) in [5.74, 6) is 1.00. The summed E-state index contributed by atoms with van der Waals surface area (Å²) in [5, 5.41) is 12.8. The molecule has 2 atom stereocenters. The van der Waals surface area contributed by atoms with Gasteiger partial charge in [-0.3, -0.25) is 4.90 Å². The fourth-order valence-corrected chi connectivity index (χ4v) is 4.66. The first-order chi connectivity index (χ1) is 14.2. The summed E-state index contributed by atoms with van der Waals surface area (Å²) >= 11 is 0. The number of piperazine rings is 1. The molecule has 0 aliphatic carbocycles. The van der Waals surface area contributed by atoms with Crippen LogP contribution < -0.4 is 4.90 Å². The van der Waals surface area contributed by atoms with Crippen molar-refractivity contribution in [2.45, 2.75) is 65.1 Å². The number of anilines is 1. The van der Waals surface area contributed by atoms with E-state index in [2.05, 4.69) is 64.3 Å². The Morgan fingerprint density at radius 3 is 2.72 bits per heavy atom. The minimum Gasteiger partial charge on any atom is -0.376 e. The normalized spacial score (nSPS) is 21.6. The lowest BCUT2D eigenvalue weighted by atomic mass is 10.1. The van der Waals surface area contributed by atoms with Gasteiger partial charge < -0.3 is 9.64 Å². The molecule has 0 bridgehead atoms. The number of hydrogen-bond donors (Lipinski definition) is 0. The van der Waals surface area contributed by atoms with Crippen LogP contribution in [-0.4, -0.2) is 64.0 Å². The Labute approximate surface area is 174 Å². The molecule has 29 heavy (non-hydrogen) atoms. The van der Waals surface area contributed by atoms with E-state index in [9.17, 15) is 0 Å². The summed E-state index contributed by atoms with van der Waals surface area (Å²) in [7, 11) is 0. The van der Waals surface area contributed by atoms with Gasteiger partial charge in [0, 0.05) is 38.5 Å². The molecule has 0 saturated carbocycles. The molecule has 2 aliphatic heterocycles. The number of ether oxygens (including phenoxy) is 1. The summed E-state index contributed by atoms with van der Waals surface area (Å²) < 4.78 is 7.81. The Bertz CT molecular complexity index is 792. The van der Waals surface area contributed by atoms with E-state index in [0.717, 1.165) is 70.8 Å². The highest BCUT2D eigenvalue weighted by Crippen LogP contribution is 2.29. The molecule has 0 unspecified atom stereocenters. The highest BCUT2D eigenvalue weighted by molar-refractivity contribution is 5.56. The highest BCUT2D eigenvalue weighted by atomic mass is 16.5. The van der Waals surface area contributed by atoms with Crippen LogP contribution in [0.3, 0.4) is 0 Å². The Balaban J connectivity index is 1.45. The molecular formula is C22H34N6O. The van der Waals surface area contributed by atoms with Crippen molar-refractivity contribution in [3.63, 3.8) is 0 Å². The van der Waals surface area contributed by atoms with Gasteiger partial charge in [0.05, 0.1) is 18.7 Å². The van der Waals surface area contributed by atoms with E-state index >= 15 is 0 Å². The van der Waals surface area contributed by atoms with Crippen LogP contribution in [0.4, 0.5) is 5.69 Å². The van der Waals surface area contributed by atoms with Gasteiger partial charge in [-0.25, -0.2) is 4.68 Å². The average Bonchev–Trinajstić information content (AvgIpc) is 3.41. The van der Waals surface area contributed by atoms with Crippen molar-refractivity contribution in [2.24, 2.45) is 0 Å². The van der Waals surface area contributed by atoms with Crippen LogP contribution in [0.2, 0.25) is 0 Å². The van der Waals surface area contributed by atoms with E-state index in [4.69, 9.17) is 4.74 Å². The Kier molecular flexibility index (Phi) is 6.45. The molecule has 2 saturated heterocycles. The second kappa shape index (κ2) is 9.22. The summed E-state index contributed by atoms with van der Waals surface area (Å²) in [5.41, 5.74) is 4.13. The van der Waals surface area contributed by atoms with Crippen LogP contribution in [0.25, 0.3) is 0 Å². The second-order valence-electron chi connectivity index (χ2n) is 8.40. The van der Waals surface area contributed by atoms with Gasteiger partial charge in [0.1, 0.15) is 0 Å². The van der Waals surface area contributed by atoms with Crippen molar-refractivity contribution in [3.8, 4) is 0 Å². The average molecular weight is 399 g/mol. The lowest BCUT2D eigenvalue weighted by molar-refractivity contribution is 0.0891. The first kappa shape index (κ1) is 20.3. The van der Waals surface area contributed by atoms with Gasteiger partial charge >= 0.3 is 0 Å². The molecule has 7 nitrogen and oxygen atoms in total. The van der Waals surface area contributed by atoms with Gasteiger partial charge in [0.15, 0.2) is 5.82 Å². The zero-order valence-corrected chi connectivity index (χ0v) is 18.0. The lowest BCUT2D eigenvalue weighted by Gasteiger charge is -2.40.